The fourth-order valence-electron chi connectivity index (χ4n) is 6.72. The fraction of sp³-hybridized carbons (Fsp3) is 0.289. The van der Waals surface area contributed by atoms with Gasteiger partial charge in [0.15, 0.2) is 0 Å². The summed E-state index contributed by atoms with van der Waals surface area (Å²) < 4.78 is 6.97. The van der Waals surface area contributed by atoms with Crippen LogP contribution in [0.4, 0.5) is 0 Å². The Kier molecular flexibility index (Phi) is 10.8. The Labute approximate surface area is 315 Å². The van der Waals surface area contributed by atoms with Gasteiger partial charge in [-0.2, -0.15) is 0 Å². The van der Waals surface area contributed by atoms with Gasteiger partial charge in [0, 0.05) is 103 Å². The normalized spacial score (nSPS) is 17.1. The number of rotatable bonds is 12. The smallest absolute Gasteiger partial charge is 0.262 e. The highest BCUT2D eigenvalue weighted by Gasteiger charge is 2.23. The molecule has 14 heteroatoms. The minimum atomic E-state index is -0.172. The van der Waals surface area contributed by atoms with Gasteiger partial charge in [0.05, 0.1) is 27.9 Å². The number of nitrogens with zero attached hydrogens (tertiary/aromatic N) is 3. The highest BCUT2D eigenvalue weighted by atomic mass is 35.5. The predicted octanol–water partition coefficient (Wildman–Crippen LogP) is 5.80. The molecule has 5 heterocycles. The number of hydrogen-bond acceptors (Lipinski definition) is 8. The standard InChI is InChI=1S/C38H36Cl3N7O4/c1-52-34-15-30(39)29(20-43-19-24-9-11-33(50)46-24)37(47-34)28-7-3-6-27(36(28)41)26-5-2-4-25(35(26)40)21-12-13-48-31(14-21)44-17-22(38(48)51)16-42-18-23-8-10-32(49)45-23/h2-7,12-15,17,23-24,42-43H,8-11,16,18-20H2,1H3,(H,45,49)(H,46,50)/t23-,24-/m0/s1. The number of fused-ring (bicyclic) bond motifs is 1. The molecule has 0 spiro atoms. The lowest BCUT2D eigenvalue weighted by Gasteiger charge is -2.18. The Balaban J connectivity index is 1.16. The summed E-state index contributed by atoms with van der Waals surface area (Å²) >= 11 is 21.1. The van der Waals surface area contributed by atoms with Gasteiger partial charge in [0.2, 0.25) is 17.7 Å². The van der Waals surface area contributed by atoms with E-state index in [1.54, 1.807) is 18.5 Å². The van der Waals surface area contributed by atoms with Crippen LogP contribution in [0.15, 0.2) is 71.8 Å². The molecule has 268 valence electrons. The first-order valence-corrected chi connectivity index (χ1v) is 18.2. The van der Waals surface area contributed by atoms with Gasteiger partial charge in [-0.3, -0.25) is 18.8 Å². The minimum absolute atomic E-state index is 0.0554. The number of carbonyl (C=O) groups excluding carboxylic acids is 2. The molecule has 2 fully saturated rings. The van der Waals surface area contributed by atoms with Crippen molar-refractivity contribution in [3.8, 4) is 39.4 Å². The lowest BCUT2D eigenvalue weighted by molar-refractivity contribution is -0.120. The Morgan fingerprint density at radius 3 is 2.08 bits per heavy atom. The average Bonchev–Trinajstić information content (AvgIpc) is 3.76. The molecular weight excluding hydrogens is 725 g/mol. The van der Waals surface area contributed by atoms with Gasteiger partial charge in [0.1, 0.15) is 5.65 Å². The molecule has 0 radical (unpaired) electrons. The van der Waals surface area contributed by atoms with E-state index < -0.39 is 0 Å². The van der Waals surface area contributed by atoms with Crippen molar-refractivity contribution in [1.29, 1.82) is 0 Å². The predicted molar refractivity (Wildman–Crippen MR) is 203 cm³/mol. The number of methoxy groups -OCH3 is 1. The summed E-state index contributed by atoms with van der Waals surface area (Å²) in [5.41, 5.74) is 5.73. The van der Waals surface area contributed by atoms with Gasteiger partial charge in [-0.15, -0.1) is 0 Å². The Morgan fingerprint density at radius 2 is 1.44 bits per heavy atom. The van der Waals surface area contributed by atoms with Crippen molar-refractivity contribution >= 4 is 52.3 Å². The summed E-state index contributed by atoms with van der Waals surface area (Å²) in [6.07, 6.45) is 5.89. The summed E-state index contributed by atoms with van der Waals surface area (Å²) in [7, 11) is 1.53. The zero-order valence-corrected chi connectivity index (χ0v) is 30.5. The molecule has 52 heavy (non-hydrogen) atoms. The van der Waals surface area contributed by atoms with E-state index in [0.717, 1.165) is 29.5 Å². The van der Waals surface area contributed by atoms with E-state index in [2.05, 4.69) is 26.3 Å². The molecule has 5 aromatic rings. The molecule has 2 saturated heterocycles. The minimum Gasteiger partial charge on any atom is -0.481 e. The Bertz CT molecular complexity index is 2250. The van der Waals surface area contributed by atoms with Crippen molar-refractivity contribution in [2.45, 2.75) is 50.9 Å². The van der Waals surface area contributed by atoms with Gasteiger partial charge >= 0.3 is 0 Å². The molecule has 0 saturated carbocycles. The number of benzene rings is 2. The molecule has 2 aliphatic heterocycles. The average molecular weight is 761 g/mol. The third kappa shape index (κ3) is 7.51. The number of ether oxygens (including phenoxy) is 1. The van der Waals surface area contributed by atoms with E-state index in [-0.39, 0.29) is 29.5 Å². The van der Waals surface area contributed by atoms with Gasteiger partial charge < -0.3 is 26.0 Å². The van der Waals surface area contributed by atoms with Crippen molar-refractivity contribution in [2.24, 2.45) is 0 Å². The summed E-state index contributed by atoms with van der Waals surface area (Å²) in [6, 6.07) is 16.8. The summed E-state index contributed by atoms with van der Waals surface area (Å²) in [6.45, 7) is 1.90. The zero-order valence-electron chi connectivity index (χ0n) is 28.3. The van der Waals surface area contributed by atoms with Crippen molar-refractivity contribution < 1.29 is 14.3 Å². The summed E-state index contributed by atoms with van der Waals surface area (Å²) in [5.74, 6) is 0.460. The molecular formula is C38H36Cl3N7O4. The third-order valence-corrected chi connectivity index (χ3v) is 10.6. The number of halogens is 3. The maximum absolute atomic E-state index is 13.3. The number of amides is 2. The van der Waals surface area contributed by atoms with Crippen LogP contribution in [0.1, 0.15) is 36.8 Å². The quantitative estimate of drug-likeness (QED) is 0.125. The molecule has 2 aliphatic rings. The second-order valence-electron chi connectivity index (χ2n) is 12.9. The maximum atomic E-state index is 13.3. The van der Waals surface area contributed by atoms with Crippen molar-refractivity contribution in [1.82, 2.24) is 35.6 Å². The van der Waals surface area contributed by atoms with Crippen LogP contribution in [-0.2, 0) is 22.7 Å². The van der Waals surface area contributed by atoms with E-state index in [9.17, 15) is 14.4 Å². The maximum Gasteiger partial charge on any atom is 0.262 e. The van der Waals surface area contributed by atoms with Crippen LogP contribution < -0.4 is 31.6 Å². The highest BCUT2D eigenvalue weighted by molar-refractivity contribution is 6.39. The molecule has 3 aromatic heterocycles. The molecule has 0 unspecified atom stereocenters. The molecule has 11 nitrogen and oxygen atoms in total. The summed E-state index contributed by atoms with van der Waals surface area (Å²) in [5, 5.41) is 13.9. The molecule has 0 bridgehead atoms. The van der Waals surface area contributed by atoms with Crippen LogP contribution in [0, 0.1) is 0 Å². The van der Waals surface area contributed by atoms with E-state index in [4.69, 9.17) is 44.5 Å². The Morgan fingerprint density at radius 1 is 0.827 bits per heavy atom. The SMILES string of the molecule is COc1cc(Cl)c(CNC[C@@H]2CCC(=O)N2)c(-c2cccc(-c3cccc(-c4ccn5c(=O)c(CNC[C@@H]6CCC(=O)N6)cnc5c4)c3Cl)c2Cl)n1. The van der Waals surface area contributed by atoms with Gasteiger partial charge in [-0.25, -0.2) is 9.97 Å². The molecule has 7 rings (SSSR count). The highest BCUT2D eigenvalue weighted by Crippen LogP contribution is 2.43. The summed E-state index contributed by atoms with van der Waals surface area (Å²) in [4.78, 5) is 45.8. The van der Waals surface area contributed by atoms with Gasteiger partial charge in [0.25, 0.3) is 5.56 Å². The largest absolute Gasteiger partial charge is 0.481 e. The number of carbonyl (C=O) groups is 2. The molecule has 0 aliphatic carbocycles. The monoisotopic (exact) mass is 759 g/mol. The second-order valence-corrected chi connectivity index (χ2v) is 14.1. The lowest BCUT2D eigenvalue weighted by Crippen LogP contribution is -2.36. The first-order valence-electron chi connectivity index (χ1n) is 17.0. The van der Waals surface area contributed by atoms with Crippen LogP contribution >= 0.6 is 34.8 Å². The van der Waals surface area contributed by atoms with Crippen LogP contribution in [0.5, 0.6) is 5.88 Å². The van der Waals surface area contributed by atoms with Crippen LogP contribution in [0.3, 0.4) is 0 Å². The van der Waals surface area contributed by atoms with Crippen LogP contribution in [-0.4, -0.2) is 58.5 Å². The van der Waals surface area contributed by atoms with Crippen LogP contribution in [0.25, 0.3) is 39.2 Å². The zero-order chi connectivity index (χ0) is 36.4. The van der Waals surface area contributed by atoms with Crippen molar-refractivity contribution in [2.75, 3.05) is 20.2 Å². The Hall–Kier alpha value is -4.52. The lowest BCUT2D eigenvalue weighted by atomic mass is 9.96. The van der Waals surface area contributed by atoms with E-state index in [0.29, 0.717) is 93.6 Å². The second kappa shape index (κ2) is 15.6. The van der Waals surface area contributed by atoms with E-state index in [1.807, 2.05) is 48.5 Å². The number of hydrogen-bond donors (Lipinski definition) is 4. The molecule has 4 N–H and O–H groups in total. The number of nitrogens with one attached hydrogen (secondary N) is 4. The molecule has 2 aromatic carbocycles. The first-order chi connectivity index (χ1) is 25.2. The van der Waals surface area contributed by atoms with Crippen molar-refractivity contribution in [3.05, 3.63) is 104 Å². The van der Waals surface area contributed by atoms with Gasteiger partial charge in [-0.1, -0.05) is 71.2 Å². The molecule has 2 amide bonds. The number of pyridine rings is 2. The van der Waals surface area contributed by atoms with E-state index in [1.165, 1.54) is 11.5 Å². The van der Waals surface area contributed by atoms with Gasteiger partial charge in [-0.05, 0) is 30.5 Å². The first kappa shape index (κ1) is 35.9. The topological polar surface area (TPSA) is 139 Å². The van der Waals surface area contributed by atoms with E-state index >= 15 is 0 Å². The fourth-order valence-corrected chi connectivity index (χ4v) is 7.62. The van der Waals surface area contributed by atoms with Crippen molar-refractivity contribution in [3.63, 3.8) is 0 Å². The molecule has 2 atom stereocenters. The number of aromatic nitrogens is 3. The third-order valence-electron chi connectivity index (χ3n) is 9.46. The van der Waals surface area contributed by atoms with Crippen LogP contribution in [0.2, 0.25) is 15.1 Å².